The summed E-state index contributed by atoms with van der Waals surface area (Å²) in [5, 5.41) is 0. The van der Waals surface area contributed by atoms with Crippen LogP contribution in [0, 0.1) is 5.41 Å². The van der Waals surface area contributed by atoms with Crippen molar-refractivity contribution >= 4 is 5.97 Å². The van der Waals surface area contributed by atoms with E-state index < -0.39 is 0 Å². The van der Waals surface area contributed by atoms with E-state index in [0.717, 1.165) is 11.1 Å². The predicted octanol–water partition coefficient (Wildman–Crippen LogP) is 4.90. The summed E-state index contributed by atoms with van der Waals surface area (Å²) in [4.78, 5) is 11.5. The first-order valence-corrected chi connectivity index (χ1v) is 9.02. The van der Waals surface area contributed by atoms with Gasteiger partial charge in [-0.15, -0.1) is 0 Å². The fraction of sp³-hybridized carbons (Fsp3) is 0.500. The Kier molecular flexibility index (Phi) is 9.31. The molecule has 1 aliphatic rings. The molecule has 0 amide bonds. The summed E-state index contributed by atoms with van der Waals surface area (Å²) in [6.07, 6.45) is 13.2. The lowest BCUT2D eigenvalue weighted by Gasteiger charge is -2.34. The number of esters is 1. The molecule has 1 aliphatic heterocycles. The Morgan fingerprint density at radius 1 is 1.04 bits per heavy atom. The first-order valence-electron chi connectivity index (χ1n) is 9.02. The van der Waals surface area contributed by atoms with Crippen LogP contribution in [0.25, 0.3) is 0 Å². The van der Waals surface area contributed by atoms with Gasteiger partial charge in [-0.1, -0.05) is 62.0 Å². The highest BCUT2D eigenvalue weighted by Crippen LogP contribution is 2.25. The fourth-order valence-electron chi connectivity index (χ4n) is 2.16. The molecule has 0 N–H and O–H groups in total. The molecule has 0 aromatic carbocycles. The van der Waals surface area contributed by atoms with E-state index in [0.29, 0.717) is 25.4 Å². The van der Waals surface area contributed by atoms with Gasteiger partial charge in [0.2, 0.25) is 0 Å². The maximum Gasteiger partial charge on any atom is 0.333 e. The number of hydrogen-bond acceptors (Lipinski definition) is 4. The largest absolute Gasteiger partial charge is 0.463 e. The Morgan fingerprint density at radius 2 is 1.65 bits per heavy atom. The lowest BCUT2D eigenvalue weighted by molar-refractivity contribution is -0.202. The highest BCUT2D eigenvalue weighted by atomic mass is 16.7. The van der Waals surface area contributed by atoms with Crippen molar-refractivity contribution in [3.63, 3.8) is 0 Å². The van der Waals surface area contributed by atoms with E-state index in [2.05, 4.69) is 13.8 Å². The molecule has 26 heavy (non-hydrogen) atoms. The third kappa shape index (κ3) is 8.45. The van der Waals surface area contributed by atoms with E-state index in [1.807, 2.05) is 50.3 Å². The average Bonchev–Trinajstić information content (AvgIpc) is 2.58. The van der Waals surface area contributed by atoms with Crippen molar-refractivity contribution in [1.29, 1.82) is 0 Å². The van der Waals surface area contributed by atoms with Crippen LogP contribution in [0.15, 0.2) is 59.3 Å². The Bertz CT molecular complexity index is 608. The molecule has 1 heterocycles. The first-order chi connectivity index (χ1) is 12.2. The molecular weight excluding hydrogens is 328 g/mol. The summed E-state index contributed by atoms with van der Waals surface area (Å²) < 4.78 is 16.4. The average molecular weight is 360 g/mol. The molecule has 0 aliphatic carbocycles. The third-order valence-electron chi connectivity index (χ3n) is 3.75. The maximum absolute atomic E-state index is 11.5. The van der Waals surface area contributed by atoms with Gasteiger partial charge in [0.1, 0.15) is 0 Å². The normalized spacial score (nSPS) is 20.2. The summed E-state index contributed by atoms with van der Waals surface area (Å²) in [5.41, 5.74) is 2.79. The van der Waals surface area contributed by atoms with E-state index in [4.69, 9.17) is 14.2 Å². The van der Waals surface area contributed by atoms with Crippen molar-refractivity contribution in [3.05, 3.63) is 59.3 Å². The second kappa shape index (κ2) is 10.9. The van der Waals surface area contributed by atoms with Crippen LogP contribution >= 0.6 is 0 Å². The van der Waals surface area contributed by atoms with Gasteiger partial charge >= 0.3 is 5.97 Å². The van der Waals surface area contributed by atoms with Crippen molar-refractivity contribution in [2.24, 2.45) is 5.41 Å². The minimum atomic E-state index is -0.283. The van der Waals surface area contributed by atoms with Gasteiger partial charge in [-0.3, -0.25) is 0 Å². The van der Waals surface area contributed by atoms with Crippen molar-refractivity contribution in [1.82, 2.24) is 0 Å². The smallest absolute Gasteiger partial charge is 0.333 e. The molecule has 0 spiro atoms. The van der Waals surface area contributed by atoms with Gasteiger partial charge in [0.15, 0.2) is 6.29 Å². The molecule has 144 valence electrons. The van der Waals surface area contributed by atoms with Gasteiger partial charge in [-0.05, 0) is 33.3 Å². The van der Waals surface area contributed by atoms with E-state index in [-0.39, 0.29) is 17.7 Å². The number of rotatable bonds is 7. The second-order valence-electron chi connectivity index (χ2n) is 7.25. The SMILES string of the molecule is CCOC(=O)/C(C)=C/C=C/C(C)=C/C=C/C=C(/C)C1OCC(C)(C)CO1. The standard InChI is InChI=1S/C22H32O4/c1-7-24-20(23)18(3)14-10-12-17(2)11-8-9-13-19(4)21-25-15-22(5,6)16-26-21/h8-14,21H,7,15-16H2,1-6H3/b9-8+,12-10+,17-11+,18-14+,19-13-. The van der Waals surface area contributed by atoms with Gasteiger partial charge in [0.25, 0.3) is 0 Å². The summed E-state index contributed by atoms with van der Waals surface area (Å²) in [6.45, 7) is 13.6. The van der Waals surface area contributed by atoms with E-state index in [1.54, 1.807) is 19.9 Å². The Labute approximate surface area is 157 Å². The van der Waals surface area contributed by atoms with Crippen LogP contribution in [-0.4, -0.2) is 32.1 Å². The quantitative estimate of drug-likeness (QED) is 0.368. The molecule has 0 unspecified atom stereocenters. The molecule has 0 bridgehead atoms. The van der Waals surface area contributed by atoms with Gasteiger partial charge < -0.3 is 14.2 Å². The van der Waals surface area contributed by atoms with Crippen LogP contribution in [0.1, 0.15) is 41.5 Å². The van der Waals surface area contributed by atoms with Crippen molar-refractivity contribution in [3.8, 4) is 0 Å². The molecule has 4 heteroatoms. The van der Waals surface area contributed by atoms with Crippen LogP contribution in [-0.2, 0) is 19.0 Å². The van der Waals surface area contributed by atoms with E-state index in [9.17, 15) is 4.79 Å². The molecule has 0 aromatic heterocycles. The van der Waals surface area contributed by atoms with Crippen LogP contribution < -0.4 is 0 Å². The van der Waals surface area contributed by atoms with Crippen molar-refractivity contribution in [2.75, 3.05) is 19.8 Å². The minimum absolute atomic E-state index is 0.0822. The number of hydrogen-bond donors (Lipinski definition) is 0. The maximum atomic E-state index is 11.5. The van der Waals surface area contributed by atoms with Gasteiger partial charge in [0.05, 0.1) is 19.8 Å². The highest BCUT2D eigenvalue weighted by molar-refractivity contribution is 5.88. The number of carbonyl (C=O) groups is 1. The molecule has 0 radical (unpaired) electrons. The molecule has 4 nitrogen and oxygen atoms in total. The molecule has 0 atom stereocenters. The zero-order valence-electron chi connectivity index (χ0n) is 16.9. The third-order valence-corrected chi connectivity index (χ3v) is 3.75. The predicted molar refractivity (Wildman–Crippen MR) is 106 cm³/mol. The van der Waals surface area contributed by atoms with Gasteiger partial charge in [-0.2, -0.15) is 0 Å². The Hall–Kier alpha value is -1.91. The van der Waals surface area contributed by atoms with E-state index >= 15 is 0 Å². The van der Waals surface area contributed by atoms with Crippen molar-refractivity contribution in [2.45, 2.75) is 47.8 Å². The molecule has 1 saturated heterocycles. The monoisotopic (exact) mass is 360 g/mol. The summed E-state index contributed by atoms with van der Waals surface area (Å²) in [7, 11) is 0. The van der Waals surface area contributed by atoms with E-state index in [1.165, 1.54) is 0 Å². The fourth-order valence-corrected chi connectivity index (χ4v) is 2.16. The lowest BCUT2D eigenvalue weighted by Crippen LogP contribution is -2.38. The summed E-state index contributed by atoms with van der Waals surface area (Å²) in [6, 6.07) is 0. The lowest BCUT2D eigenvalue weighted by atomic mass is 9.95. The molecule has 1 rings (SSSR count). The molecule has 0 saturated carbocycles. The summed E-state index contributed by atoms with van der Waals surface area (Å²) in [5.74, 6) is -0.283. The summed E-state index contributed by atoms with van der Waals surface area (Å²) >= 11 is 0. The Balaban J connectivity index is 2.51. The number of ether oxygens (including phenoxy) is 3. The number of carbonyl (C=O) groups excluding carboxylic acids is 1. The molecule has 0 aromatic rings. The minimum Gasteiger partial charge on any atom is -0.463 e. The van der Waals surface area contributed by atoms with Gasteiger partial charge in [0, 0.05) is 11.0 Å². The molecular formula is C22H32O4. The van der Waals surface area contributed by atoms with Gasteiger partial charge in [-0.25, -0.2) is 4.79 Å². The zero-order valence-corrected chi connectivity index (χ0v) is 16.9. The highest BCUT2D eigenvalue weighted by Gasteiger charge is 2.28. The number of allylic oxidation sites excluding steroid dienone is 8. The second-order valence-corrected chi connectivity index (χ2v) is 7.25. The molecule has 1 fully saturated rings. The first kappa shape index (κ1) is 22.1. The van der Waals surface area contributed by atoms with Crippen LogP contribution in [0.4, 0.5) is 0 Å². The van der Waals surface area contributed by atoms with Crippen LogP contribution in [0.3, 0.4) is 0 Å². The zero-order chi connectivity index (χ0) is 19.6. The topological polar surface area (TPSA) is 44.8 Å². The Morgan fingerprint density at radius 3 is 2.27 bits per heavy atom. The van der Waals surface area contributed by atoms with Crippen LogP contribution in [0.5, 0.6) is 0 Å². The van der Waals surface area contributed by atoms with Crippen molar-refractivity contribution < 1.29 is 19.0 Å². The van der Waals surface area contributed by atoms with Crippen LogP contribution in [0.2, 0.25) is 0 Å².